The van der Waals surface area contributed by atoms with Crippen LogP contribution < -0.4 is 10.9 Å². The Bertz CT molecular complexity index is 1030. The van der Waals surface area contributed by atoms with Crippen LogP contribution in [0.1, 0.15) is 5.56 Å². The number of carbonyl (C=O) groups is 1. The van der Waals surface area contributed by atoms with Crippen LogP contribution in [0.4, 0.5) is 5.13 Å². The number of nitrogens with one attached hydrogen (secondary N) is 2. The van der Waals surface area contributed by atoms with Gasteiger partial charge in [-0.1, -0.05) is 46.7 Å². The van der Waals surface area contributed by atoms with Crippen LogP contribution in [0.15, 0.2) is 47.4 Å². The van der Waals surface area contributed by atoms with E-state index in [0.717, 1.165) is 10.3 Å². The predicted molar refractivity (Wildman–Crippen MR) is 99.6 cm³/mol. The van der Waals surface area contributed by atoms with E-state index in [1.807, 2.05) is 13.0 Å². The summed E-state index contributed by atoms with van der Waals surface area (Å²) in [5.74, 6) is -1.33. The Labute approximate surface area is 153 Å². The van der Waals surface area contributed by atoms with Gasteiger partial charge in [0.1, 0.15) is 11.3 Å². The van der Waals surface area contributed by atoms with Crippen molar-refractivity contribution in [3.8, 4) is 0 Å². The topological polar surface area (TPSA) is 88.2 Å². The van der Waals surface area contributed by atoms with Gasteiger partial charge in [-0.25, -0.2) is 13.4 Å². The second kappa shape index (κ2) is 6.99. The first kappa shape index (κ1) is 17.7. The Morgan fingerprint density at radius 2 is 1.92 bits per heavy atom. The zero-order chi connectivity index (χ0) is 18.0. The van der Waals surface area contributed by atoms with Gasteiger partial charge in [-0.15, -0.1) is 0 Å². The maximum absolute atomic E-state index is 12.2. The monoisotopic (exact) mass is 395 g/mol. The number of nitrogens with zero attached hydrogens (tertiary/aromatic N) is 1. The number of hydrogen-bond donors (Lipinski definition) is 2. The molecule has 9 heteroatoms. The maximum atomic E-state index is 12.2. The number of para-hydroxylation sites is 1. The standard InChI is InChI=1S/C16H14ClN3O3S2/c1-10-5-7-11(8-6-10)25(22,23)9-14(21)19-20-16-18-15-12(17)3-2-4-13(15)24-16/h2-8H,9H2,1H3,(H,18,20)(H,19,21). The Morgan fingerprint density at radius 1 is 1.20 bits per heavy atom. The average Bonchev–Trinajstić information content (AvgIpc) is 2.97. The van der Waals surface area contributed by atoms with E-state index in [1.54, 1.807) is 24.3 Å². The Morgan fingerprint density at radius 3 is 2.60 bits per heavy atom. The van der Waals surface area contributed by atoms with Crippen LogP contribution in [-0.4, -0.2) is 25.1 Å². The van der Waals surface area contributed by atoms with E-state index in [1.165, 1.54) is 23.5 Å². The molecular formula is C16H14ClN3O3S2. The first-order valence-electron chi connectivity index (χ1n) is 7.24. The van der Waals surface area contributed by atoms with Crippen molar-refractivity contribution >= 4 is 54.0 Å². The number of sulfone groups is 1. The van der Waals surface area contributed by atoms with E-state index in [-0.39, 0.29) is 4.90 Å². The number of hydrazine groups is 1. The Kier molecular flexibility index (Phi) is 4.94. The van der Waals surface area contributed by atoms with Gasteiger partial charge in [-0.3, -0.25) is 15.6 Å². The van der Waals surface area contributed by atoms with Crippen LogP contribution in [0.5, 0.6) is 0 Å². The SMILES string of the molecule is Cc1ccc(S(=O)(=O)CC(=O)NNc2nc3c(Cl)cccc3s2)cc1. The van der Waals surface area contributed by atoms with E-state index in [0.29, 0.717) is 15.7 Å². The van der Waals surface area contributed by atoms with Gasteiger partial charge in [-0.05, 0) is 31.2 Å². The first-order chi connectivity index (χ1) is 11.8. The van der Waals surface area contributed by atoms with E-state index in [9.17, 15) is 13.2 Å². The van der Waals surface area contributed by atoms with Crippen molar-refractivity contribution < 1.29 is 13.2 Å². The van der Waals surface area contributed by atoms with Gasteiger partial charge in [0, 0.05) is 0 Å². The molecular weight excluding hydrogens is 382 g/mol. The number of fused-ring (bicyclic) bond motifs is 1. The van der Waals surface area contributed by atoms with Crippen molar-refractivity contribution in [1.29, 1.82) is 0 Å². The van der Waals surface area contributed by atoms with Gasteiger partial charge in [-0.2, -0.15) is 0 Å². The van der Waals surface area contributed by atoms with Crippen LogP contribution in [0, 0.1) is 6.92 Å². The Hall–Kier alpha value is -2.16. The van der Waals surface area contributed by atoms with Gasteiger partial charge in [0.05, 0.1) is 14.6 Å². The number of aromatic nitrogens is 1. The van der Waals surface area contributed by atoms with Crippen molar-refractivity contribution in [3.63, 3.8) is 0 Å². The molecule has 0 aliphatic rings. The lowest BCUT2D eigenvalue weighted by atomic mass is 10.2. The molecule has 0 aliphatic carbocycles. The van der Waals surface area contributed by atoms with Crippen LogP contribution in [0.25, 0.3) is 10.2 Å². The zero-order valence-electron chi connectivity index (χ0n) is 13.1. The summed E-state index contributed by atoms with van der Waals surface area (Å²) in [6, 6.07) is 11.7. The van der Waals surface area contributed by atoms with Crippen molar-refractivity contribution in [2.45, 2.75) is 11.8 Å². The number of aryl methyl sites for hydroxylation is 1. The molecule has 0 fully saturated rings. The van der Waals surface area contributed by atoms with Crippen molar-refractivity contribution in [3.05, 3.63) is 53.1 Å². The molecule has 3 rings (SSSR count). The van der Waals surface area contributed by atoms with Gasteiger partial charge in [0.25, 0.3) is 5.91 Å². The van der Waals surface area contributed by atoms with Crippen LogP contribution in [0.2, 0.25) is 5.02 Å². The molecule has 0 aliphatic heterocycles. The number of benzene rings is 2. The third kappa shape index (κ3) is 4.09. The highest BCUT2D eigenvalue weighted by Crippen LogP contribution is 2.30. The second-order valence-corrected chi connectivity index (χ2v) is 8.78. The predicted octanol–water partition coefficient (Wildman–Crippen LogP) is 3.18. The van der Waals surface area contributed by atoms with Crippen molar-refractivity contribution in [2.24, 2.45) is 0 Å². The average molecular weight is 396 g/mol. The lowest BCUT2D eigenvalue weighted by Gasteiger charge is -2.07. The van der Waals surface area contributed by atoms with Gasteiger partial charge in [0.15, 0.2) is 9.84 Å². The number of anilines is 1. The lowest BCUT2D eigenvalue weighted by molar-refractivity contribution is -0.118. The molecule has 1 aromatic heterocycles. The van der Waals surface area contributed by atoms with E-state index in [2.05, 4.69) is 15.8 Å². The molecule has 0 spiro atoms. The highest BCUT2D eigenvalue weighted by Gasteiger charge is 2.19. The summed E-state index contributed by atoms with van der Waals surface area (Å²) < 4.78 is 25.3. The molecule has 130 valence electrons. The molecule has 0 atom stereocenters. The third-order valence-electron chi connectivity index (χ3n) is 3.38. The fourth-order valence-electron chi connectivity index (χ4n) is 2.13. The molecule has 0 bridgehead atoms. The lowest BCUT2D eigenvalue weighted by Crippen LogP contribution is -2.34. The molecule has 0 saturated carbocycles. The van der Waals surface area contributed by atoms with Crippen LogP contribution in [0.3, 0.4) is 0 Å². The minimum Gasteiger partial charge on any atom is -0.273 e. The minimum atomic E-state index is -3.70. The normalized spacial score (nSPS) is 11.4. The van der Waals surface area contributed by atoms with Crippen LogP contribution in [-0.2, 0) is 14.6 Å². The molecule has 0 unspecified atom stereocenters. The molecule has 25 heavy (non-hydrogen) atoms. The van der Waals surface area contributed by atoms with E-state index in [4.69, 9.17) is 11.6 Å². The number of rotatable bonds is 5. The quantitative estimate of drug-likeness (QED) is 0.648. The summed E-state index contributed by atoms with van der Waals surface area (Å²) in [5, 5.41) is 0.930. The number of halogens is 1. The number of hydrogen-bond acceptors (Lipinski definition) is 6. The molecule has 1 amide bonds. The Balaban J connectivity index is 1.65. The summed E-state index contributed by atoms with van der Waals surface area (Å²) in [6.45, 7) is 1.86. The third-order valence-corrected chi connectivity index (χ3v) is 6.25. The summed E-state index contributed by atoms with van der Waals surface area (Å²) in [4.78, 5) is 16.3. The highest BCUT2D eigenvalue weighted by molar-refractivity contribution is 7.92. The maximum Gasteiger partial charge on any atom is 0.253 e. The molecule has 2 aromatic carbocycles. The van der Waals surface area contributed by atoms with Crippen molar-refractivity contribution in [1.82, 2.24) is 10.4 Å². The van der Waals surface area contributed by atoms with E-state index < -0.39 is 21.5 Å². The molecule has 2 N–H and O–H groups in total. The van der Waals surface area contributed by atoms with E-state index >= 15 is 0 Å². The van der Waals surface area contributed by atoms with Gasteiger partial charge >= 0.3 is 0 Å². The first-order valence-corrected chi connectivity index (χ1v) is 10.1. The highest BCUT2D eigenvalue weighted by atomic mass is 35.5. The van der Waals surface area contributed by atoms with Crippen molar-refractivity contribution in [2.75, 3.05) is 11.2 Å². The summed E-state index contributed by atoms with van der Waals surface area (Å²) in [7, 11) is -3.70. The zero-order valence-corrected chi connectivity index (χ0v) is 15.5. The minimum absolute atomic E-state index is 0.111. The smallest absolute Gasteiger partial charge is 0.253 e. The van der Waals surface area contributed by atoms with Gasteiger partial charge < -0.3 is 0 Å². The largest absolute Gasteiger partial charge is 0.273 e. The second-order valence-electron chi connectivity index (χ2n) is 5.35. The summed E-state index contributed by atoms with van der Waals surface area (Å²) >= 11 is 7.35. The molecule has 3 aromatic rings. The summed E-state index contributed by atoms with van der Waals surface area (Å²) in [6.07, 6.45) is 0. The number of thiazole rings is 1. The molecule has 0 saturated heterocycles. The molecule has 6 nitrogen and oxygen atoms in total. The van der Waals surface area contributed by atoms with Gasteiger partial charge in [0.2, 0.25) is 5.13 Å². The summed E-state index contributed by atoms with van der Waals surface area (Å²) in [5.41, 5.74) is 6.55. The molecule has 1 heterocycles. The number of carbonyl (C=O) groups excluding carboxylic acids is 1. The number of amides is 1. The van der Waals surface area contributed by atoms with Crippen LogP contribution >= 0.6 is 22.9 Å². The fourth-order valence-corrected chi connectivity index (χ4v) is 4.38. The fraction of sp³-hybridized carbons (Fsp3) is 0.125. The molecule has 0 radical (unpaired) electrons.